The van der Waals surface area contributed by atoms with Gasteiger partial charge in [0.2, 0.25) is 0 Å². The maximum atomic E-state index is 10.2. The Morgan fingerprint density at radius 2 is 2.33 bits per heavy atom. The zero-order valence-corrected chi connectivity index (χ0v) is 11.3. The van der Waals surface area contributed by atoms with E-state index < -0.39 is 0 Å². The van der Waals surface area contributed by atoms with E-state index in [1.54, 1.807) is 0 Å². The summed E-state index contributed by atoms with van der Waals surface area (Å²) in [4.78, 5) is 0. The van der Waals surface area contributed by atoms with Crippen molar-refractivity contribution in [1.82, 2.24) is 9.78 Å². The quantitative estimate of drug-likeness (QED) is 0.870. The van der Waals surface area contributed by atoms with Gasteiger partial charge in [0.25, 0.3) is 0 Å². The normalized spacial score (nSPS) is 32.0. The molecule has 2 fully saturated rings. The van der Waals surface area contributed by atoms with Crippen molar-refractivity contribution in [1.29, 1.82) is 0 Å². The van der Waals surface area contributed by atoms with Crippen LogP contribution in [0.4, 0.5) is 0 Å². The van der Waals surface area contributed by atoms with E-state index in [1.165, 1.54) is 31.2 Å². The molecule has 18 heavy (non-hydrogen) atoms. The Bertz CT molecular complexity index is 401. The standard InChI is InChI=1S/C15H24N2O/c1-2-17-10-12(9-16-17)7-15(18)8-14-6-11-3-4-13(14)5-11/h9-11,13-15,18H,2-8H2,1H3. The number of fused-ring (bicyclic) bond motifs is 2. The minimum Gasteiger partial charge on any atom is -0.393 e. The summed E-state index contributed by atoms with van der Waals surface area (Å²) in [6.45, 7) is 2.99. The van der Waals surface area contributed by atoms with Crippen molar-refractivity contribution < 1.29 is 5.11 Å². The molecule has 0 radical (unpaired) electrons. The molecule has 100 valence electrons. The van der Waals surface area contributed by atoms with E-state index in [9.17, 15) is 5.11 Å². The second kappa shape index (κ2) is 5.04. The van der Waals surface area contributed by atoms with Gasteiger partial charge in [0.1, 0.15) is 0 Å². The number of hydrogen-bond donors (Lipinski definition) is 1. The molecule has 1 aromatic heterocycles. The molecular weight excluding hydrogens is 224 g/mol. The number of hydrogen-bond acceptors (Lipinski definition) is 2. The summed E-state index contributed by atoms with van der Waals surface area (Å²) in [6.07, 6.45) is 11.2. The molecule has 2 bridgehead atoms. The van der Waals surface area contributed by atoms with E-state index in [0.717, 1.165) is 37.1 Å². The molecule has 0 saturated heterocycles. The van der Waals surface area contributed by atoms with Crippen LogP contribution in [0.25, 0.3) is 0 Å². The van der Waals surface area contributed by atoms with Crippen LogP contribution < -0.4 is 0 Å². The molecule has 3 rings (SSSR count). The Hall–Kier alpha value is -0.830. The molecule has 0 aromatic carbocycles. The van der Waals surface area contributed by atoms with Crippen LogP contribution in [0.5, 0.6) is 0 Å². The smallest absolute Gasteiger partial charge is 0.0584 e. The predicted molar refractivity (Wildman–Crippen MR) is 71.2 cm³/mol. The molecule has 1 N–H and O–H groups in total. The third kappa shape index (κ3) is 2.46. The first-order valence-corrected chi connectivity index (χ1v) is 7.44. The summed E-state index contributed by atoms with van der Waals surface area (Å²) in [5.41, 5.74) is 1.17. The van der Waals surface area contributed by atoms with E-state index in [2.05, 4.69) is 18.2 Å². The maximum Gasteiger partial charge on any atom is 0.0584 e. The highest BCUT2D eigenvalue weighted by molar-refractivity contribution is 5.05. The van der Waals surface area contributed by atoms with Gasteiger partial charge in [-0.1, -0.05) is 6.42 Å². The lowest BCUT2D eigenvalue weighted by Crippen LogP contribution is -2.20. The molecule has 1 aromatic rings. The van der Waals surface area contributed by atoms with E-state index in [-0.39, 0.29) is 6.10 Å². The predicted octanol–water partition coefficient (Wildman–Crippen LogP) is 2.63. The van der Waals surface area contributed by atoms with Crippen LogP contribution >= 0.6 is 0 Å². The van der Waals surface area contributed by atoms with Crippen LogP contribution in [-0.4, -0.2) is 21.0 Å². The summed E-state index contributed by atoms with van der Waals surface area (Å²) >= 11 is 0. The van der Waals surface area contributed by atoms with Crippen molar-refractivity contribution in [3.63, 3.8) is 0 Å². The summed E-state index contributed by atoms with van der Waals surface area (Å²) < 4.78 is 1.93. The first kappa shape index (κ1) is 12.2. The van der Waals surface area contributed by atoms with Gasteiger partial charge in [-0.25, -0.2) is 0 Å². The van der Waals surface area contributed by atoms with E-state index in [1.807, 2.05) is 10.9 Å². The topological polar surface area (TPSA) is 38.0 Å². The second-order valence-electron chi connectivity index (χ2n) is 6.23. The van der Waals surface area contributed by atoms with Crippen molar-refractivity contribution in [3.8, 4) is 0 Å². The lowest BCUT2D eigenvalue weighted by Gasteiger charge is -2.23. The van der Waals surface area contributed by atoms with E-state index in [0.29, 0.717) is 0 Å². The first-order chi connectivity index (χ1) is 8.74. The highest BCUT2D eigenvalue weighted by Crippen LogP contribution is 2.49. The van der Waals surface area contributed by atoms with Crippen molar-refractivity contribution >= 4 is 0 Å². The molecule has 2 aliphatic rings. The van der Waals surface area contributed by atoms with Gasteiger partial charge in [-0.05, 0) is 55.9 Å². The van der Waals surface area contributed by atoms with Crippen LogP contribution in [-0.2, 0) is 13.0 Å². The third-order valence-corrected chi connectivity index (χ3v) is 4.94. The molecule has 2 saturated carbocycles. The van der Waals surface area contributed by atoms with Crippen LogP contribution in [0, 0.1) is 17.8 Å². The van der Waals surface area contributed by atoms with Gasteiger partial charge >= 0.3 is 0 Å². The van der Waals surface area contributed by atoms with Gasteiger partial charge in [-0.2, -0.15) is 5.10 Å². The molecule has 3 heteroatoms. The first-order valence-electron chi connectivity index (χ1n) is 7.44. The lowest BCUT2D eigenvalue weighted by atomic mass is 9.84. The molecule has 1 heterocycles. The number of rotatable bonds is 5. The zero-order valence-electron chi connectivity index (χ0n) is 11.3. The third-order valence-electron chi connectivity index (χ3n) is 4.94. The Morgan fingerprint density at radius 1 is 1.44 bits per heavy atom. The summed E-state index contributed by atoms with van der Waals surface area (Å²) in [6, 6.07) is 0. The van der Waals surface area contributed by atoms with E-state index >= 15 is 0 Å². The second-order valence-corrected chi connectivity index (χ2v) is 6.23. The average molecular weight is 248 g/mol. The summed E-state index contributed by atoms with van der Waals surface area (Å²) in [5.74, 6) is 2.69. The zero-order chi connectivity index (χ0) is 12.5. The molecule has 2 aliphatic carbocycles. The van der Waals surface area contributed by atoms with E-state index in [4.69, 9.17) is 0 Å². The summed E-state index contributed by atoms with van der Waals surface area (Å²) in [7, 11) is 0. The van der Waals surface area contributed by atoms with Gasteiger partial charge in [-0.15, -0.1) is 0 Å². The van der Waals surface area contributed by atoms with Crippen LogP contribution in [0.15, 0.2) is 12.4 Å². The lowest BCUT2D eigenvalue weighted by molar-refractivity contribution is 0.124. The minimum atomic E-state index is -0.177. The number of aliphatic hydroxyl groups is 1. The number of aromatic nitrogens is 2. The molecule has 0 spiro atoms. The minimum absolute atomic E-state index is 0.177. The molecule has 4 atom stereocenters. The Balaban J connectivity index is 1.51. The number of nitrogens with zero attached hydrogens (tertiary/aromatic N) is 2. The fraction of sp³-hybridized carbons (Fsp3) is 0.800. The van der Waals surface area contributed by atoms with Crippen molar-refractivity contribution in [2.75, 3.05) is 0 Å². The maximum absolute atomic E-state index is 10.2. The fourth-order valence-electron chi connectivity index (χ4n) is 4.05. The molecule has 0 aliphatic heterocycles. The SMILES string of the molecule is CCn1cc(CC(O)CC2CC3CCC2C3)cn1. The van der Waals surface area contributed by atoms with Gasteiger partial charge < -0.3 is 5.11 Å². The van der Waals surface area contributed by atoms with Crippen LogP contribution in [0.1, 0.15) is 44.6 Å². The molecule has 0 amide bonds. The highest BCUT2D eigenvalue weighted by Gasteiger charge is 2.39. The molecular formula is C15H24N2O. The van der Waals surface area contributed by atoms with Gasteiger partial charge in [0.05, 0.1) is 12.3 Å². The van der Waals surface area contributed by atoms with Crippen molar-refractivity contribution in [2.45, 2.75) is 58.1 Å². The van der Waals surface area contributed by atoms with Gasteiger partial charge in [0, 0.05) is 19.2 Å². The Labute approximate surface area is 109 Å². The van der Waals surface area contributed by atoms with Crippen molar-refractivity contribution in [3.05, 3.63) is 18.0 Å². The van der Waals surface area contributed by atoms with Crippen LogP contribution in [0.2, 0.25) is 0 Å². The van der Waals surface area contributed by atoms with Gasteiger partial charge in [-0.3, -0.25) is 4.68 Å². The molecule has 3 nitrogen and oxygen atoms in total. The van der Waals surface area contributed by atoms with Crippen LogP contribution in [0.3, 0.4) is 0 Å². The molecule has 4 unspecified atom stereocenters. The van der Waals surface area contributed by atoms with Crippen molar-refractivity contribution in [2.24, 2.45) is 17.8 Å². The van der Waals surface area contributed by atoms with Gasteiger partial charge in [0.15, 0.2) is 0 Å². The number of aryl methyl sites for hydroxylation is 1. The average Bonchev–Trinajstić information content (AvgIpc) is 3.04. The Morgan fingerprint density at radius 3 is 2.94 bits per heavy atom. The highest BCUT2D eigenvalue weighted by atomic mass is 16.3. The number of aliphatic hydroxyl groups excluding tert-OH is 1. The Kier molecular flexibility index (Phi) is 3.42. The largest absolute Gasteiger partial charge is 0.393 e. The summed E-state index contributed by atoms with van der Waals surface area (Å²) in [5, 5.41) is 14.5. The monoisotopic (exact) mass is 248 g/mol. The fourth-order valence-corrected chi connectivity index (χ4v) is 4.05.